The fraction of sp³-hybridized carbons (Fsp3) is 0.478. The smallest absolute Gasteiger partial charge is 0.00953 e. The Morgan fingerprint density at radius 2 is 1.39 bits per heavy atom. The van der Waals surface area contributed by atoms with E-state index in [1.807, 2.05) is 54.5 Å². The number of allylic oxidation sites excluding steroid dienone is 4. The van der Waals surface area contributed by atoms with Gasteiger partial charge in [-0.25, -0.2) is 0 Å². The van der Waals surface area contributed by atoms with Crippen LogP contribution < -0.4 is 0 Å². The second-order valence-corrected chi connectivity index (χ2v) is 4.24. The van der Waals surface area contributed by atoms with Crippen LogP contribution >= 0.6 is 0 Å². The monoisotopic (exact) mass is 316 g/mol. The van der Waals surface area contributed by atoms with Crippen molar-refractivity contribution >= 4 is 5.57 Å². The summed E-state index contributed by atoms with van der Waals surface area (Å²) < 4.78 is 0. The maximum Gasteiger partial charge on any atom is 0.00953 e. The molecule has 132 valence electrons. The van der Waals surface area contributed by atoms with Crippen molar-refractivity contribution in [1.82, 2.24) is 0 Å². The molecule has 1 aromatic carbocycles. The highest BCUT2D eigenvalue weighted by Gasteiger charge is 2.25. The Morgan fingerprint density at radius 3 is 1.78 bits per heavy atom. The molecule has 0 N–H and O–H groups in total. The van der Waals surface area contributed by atoms with E-state index in [2.05, 4.69) is 51.3 Å². The van der Waals surface area contributed by atoms with Gasteiger partial charge in [0.15, 0.2) is 0 Å². The number of fused-ring (bicyclic) bond motifs is 1. The zero-order valence-electron chi connectivity index (χ0n) is 17.2. The van der Waals surface area contributed by atoms with E-state index < -0.39 is 0 Å². The van der Waals surface area contributed by atoms with E-state index >= 15 is 0 Å². The molecule has 0 spiro atoms. The largest absolute Gasteiger partial charge is 0.103 e. The first-order chi connectivity index (χ1) is 11.2. The van der Waals surface area contributed by atoms with E-state index in [0.717, 1.165) is 6.42 Å². The van der Waals surface area contributed by atoms with Crippen molar-refractivity contribution in [2.45, 2.75) is 74.7 Å². The highest BCUT2D eigenvalue weighted by atomic mass is 14.3. The van der Waals surface area contributed by atoms with Crippen molar-refractivity contribution in [3.05, 3.63) is 66.3 Å². The van der Waals surface area contributed by atoms with Crippen LogP contribution in [-0.2, 0) is 0 Å². The third kappa shape index (κ3) is 8.02. The van der Waals surface area contributed by atoms with Gasteiger partial charge in [0.05, 0.1) is 0 Å². The first-order valence-corrected chi connectivity index (χ1v) is 9.20. The van der Waals surface area contributed by atoms with Crippen molar-refractivity contribution in [2.24, 2.45) is 0 Å². The Bertz CT molecular complexity index is 435. The van der Waals surface area contributed by atoms with Gasteiger partial charge in [-0.1, -0.05) is 91.5 Å². The molecule has 0 aromatic heterocycles. The predicted octanol–water partition coefficient (Wildman–Crippen LogP) is 8.42. The molecule has 0 aliphatic heterocycles. The first-order valence-electron chi connectivity index (χ1n) is 9.20. The molecule has 0 radical (unpaired) electrons. The van der Waals surface area contributed by atoms with Crippen LogP contribution in [0.5, 0.6) is 0 Å². The molecule has 0 saturated heterocycles. The minimum absolute atomic E-state index is 0.573. The van der Waals surface area contributed by atoms with Crippen LogP contribution in [0.3, 0.4) is 0 Å². The summed E-state index contributed by atoms with van der Waals surface area (Å²) in [6, 6.07) is 8.69. The second kappa shape index (κ2) is 18.5. The zero-order valence-corrected chi connectivity index (χ0v) is 17.2. The van der Waals surface area contributed by atoms with Crippen LogP contribution in [0, 0.1) is 0 Å². The Hall–Kier alpha value is -1.56. The Kier molecular flexibility index (Phi) is 21.2. The highest BCUT2D eigenvalue weighted by molar-refractivity contribution is 5.78. The Labute approximate surface area is 147 Å². The van der Waals surface area contributed by atoms with Gasteiger partial charge in [0.2, 0.25) is 0 Å². The maximum atomic E-state index is 3.92. The molecule has 0 saturated carbocycles. The van der Waals surface area contributed by atoms with Crippen LogP contribution in [-0.4, -0.2) is 0 Å². The molecule has 1 aliphatic carbocycles. The summed E-state index contributed by atoms with van der Waals surface area (Å²) in [7, 11) is 0. The zero-order chi connectivity index (χ0) is 18.8. The van der Waals surface area contributed by atoms with Crippen LogP contribution in [0.15, 0.2) is 55.1 Å². The lowest BCUT2D eigenvalue weighted by Crippen LogP contribution is -1.94. The highest BCUT2D eigenvalue weighted by Crippen LogP contribution is 2.43. The minimum atomic E-state index is 0.573. The van der Waals surface area contributed by atoms with Gasteiger partial charge in [-0.3, -0.25) is 0 Å². The molecular formula is C23H40. The van der Waals surface area contributed by atoms with E-state index in [1.54, 1.807) is 6.08 Å². The quantitative estimate of drug-likeness (QED) is 0.480. The lowest BCUT2D eigenvalue weighted by molar-refractivity contribution is 0.791. The third-order valence-electron chi connectivity index (χ3n) is 3.18. The molecule has 1 aromatic rings. The standard InChI is InChI=1S/C14H16.C3H6.3C2H6/c1-4-11-10(3)13-8-6-7-9-14(13)12(11)5-2;1-3-2;3*1-2/h4,6-9,12H,1,5H2,2-3H3;3H,1H2,2H3;3*1-2H3. The average Bonchev–Trinajstić information content (AvgIpc) is 2.92. The van der Waals surface area contributed by atoms with E-state index in [1.165, 1.54) is 22.3 Å². The van der Waals surface area contributed by atoms with Crippen molar-refractivity contribution in [3.8, 4) is 0 Å². The molecule has 1 atom stereocenters. The van der Waals surface area contributed by atoms with E-state index in [9.17, 15) is 0 Å². The normalized spacial score (nSPS) is 13.3. The van der Waals surface area contributed by atoms with E-state index in [4.69, 9.17) is 0 Å². The molecule has 0 bridgehead atoms. The Balaban J connectivity index is -0.000000382. The lowest BCUT2D eigenvalue weighted by atomic mass is 9.93. The summed E-state index contributed by atoms with van der Waals surface area (Å²) in [4.78, 5) is 0. The number of hydrogen-bond acceptors (Lipinski definition) is 0. The molecule has 0 fully saturated rings. The molecule has 0 amide bonds. The second-order valence-electron chi connectivity index (χ2n) is 4.24. The average molecular weight is 317 g/mol. The van der Waals surface area contributed by atoms with Gasteiger partial charge < -0.3 is 0 Å². The molecule has 23 heavy (non-hydrogen) atoms. The summed E-state index contributed by atoms with van der Waals surface area (Å²) in [6.45, 7) is 25.6. The first kappa shape index (κ1) is 26.3. The van der Waals surface area contributed by atoms with Crippen LogP contribution in [0.2, 0.25) is 0 Å². The summed E-state index contributed by atoms with van der Waals surface area (Å²) in [5.41, 5.74) is 5.70. The molecule has 1 unspecified atom stereocenters. The number of hydrogen-bond donors (Lipinski definition) is 0. The van der Waals surface area contributed by atoms with Crippen molar-refractivity contribution in [1.29, 1.82) is 0 Å². The molecule has 1 aliphatic rings. The van der Waals surface area contributed by atoms with Crippen LogP contribution in [0.1, 0.15) is 85.8 Å². The van der Waals surface area contributed by atoms with Crippen LogP contribution in [0.25, 0.3) is 5.57 Å². The summed E-state index contributed by atoms with van der Waals surface area (Å²) in [5, 5.41) is 0. The topological polar surface area (TPSA) is 0 Å². The van der Waals surface area contributed by atoms with Gasteiger partial charge in [-0.05, 0) is 42.5 Å². The van der Waals surface area contributed by atoms with Gasteiger partial charge in [0, 0.05) is 5.92 Å². The Morgan fingerprint density at radius 1 is 0.957 bits per heavy atom. The number of benzene rings is 1. The van der Waals surface area contributed by atoms with E-state index in [-0.39, 0.29) is 0 Å². The fourth-order valence-corrected chi connectivity index (χ4v) is 2.46. The molecule has 0 nitrogen and oxygen atoms in total. The fourth-order valence-electron chi connectivity index (χ4n) is 2.46. The minimum Gasteiger partial charge on any atom is -0.103 e. The molecule has 2 rings (SSSR count). The van der Waals surface area contributed by atoms with Crippen molar-refractivity contribution < 1.29 is 0 Å². The molecule has 0 heterocycles. The van der Waals surface area contributed by atoms with Gasteiger partial charge in [0.1, 0.15) is 0 Å². The van der Waals surface area contributed by atoms with Crippen molar-refractivity contribution in [2.75, 3.05) is 0 Å². The van der Waals surface area contributed by atoms with Crippen LogP contribution in [0.4, 0.5) is 0 Å². The summed E-state index contributed by atoms with van der Waals surface area (Å²) in [5.74, 6) is 0.573. The number of rotatable bonds is 2. The predicted molar refractivity (Wildman–Crippen MR) is 112 cm³/mol. The SMILES string of the molecule is C=CC.C=CC1=C(C)c2ccccc2C1CC.CC.CC.CC. The van der Waals surface area contributed by atoms with Gasteiger partial charge in [-0.15, -0.1) is 6.58 Å². The van der Waals surface area contributed by atoms with Gasteiger partial charge in [0.25, 0.3) is 0 Å². The summed E-state index contributed by atoms with van der Waals surface area (Å²) in [6.07, 6.45) is 4.93. The lowest BCUT2D eigenvalue weighted by Gasteiger charge is -2.10. The summed E-state index contributed by atoms with van der Waals surface area (Å²) >= 11 is 0. The van der Waals surface area contributed by atoms with E-state index in [0.29, 0.717) is 5.92 Å². The third-order valence-corrected chi connectivity index (χ3v) is 3.18. The van der Waals surface area contributed by atoms with Gasteiger partial charge >= 0.3 is 0 Å². The molecular weight excluding hydrogens is 276 g/mol. The van der Waals surface area contributed by atoms with Gasteiger partial charge in [-0.2, -0.15) is 0 Å². The maximum absolute atomic E-state index is 3.92. The van der Waals surface area contributed by atoms with Crippen molar-refractivity contribution in [3.63, 3.8) is 0 Å². The molecule has 0 heteroatoms.